The van der Waals surface area contributed by atoms with Crippen LogP contribution in [0.1, 0.15) is 17.5 Å². The topological polar surface area (TPSA) is 75.7 Å². The van der Waals surface area contributed by atoms with E-state index in [0.717, 1.165) is 24.0 Å². The number of rotatable bonds is 6. The molecule has 4 rings (SSSR count). The number of nitrogens with one attached hydrogen (secondary N) is 1. The van der Waals surface area contributed by atoms with Crippen molar-refractivity contribution in [1.82, 2.24) is 0 Å². The first-order valence-electron chi connectivity index (χ1n) is 9.62. The molecule has 2 aromatic carbocycles. The van der Waals surface area contributed by atoms with Gasteiger partial charge in [0.25, 0.3) is 15.9 Å². The van der Waals surface area contributed by atoms with Crippen molar-refractivity contribution < 1.29 is 17.9 Å². The van der Waals surface area contributed by atoms with E-state index in [1.807, 2.05) is 37.3 Å². The van der Waals surface area contributed by atoms with Gasteiger partial charge < -0.3 is 10.1 Å². The number of carbonyl (C=O) groups excluding carboxylic acids is 1. The molecule has 1 amide bonds. The van der Waals surface area contributed by atoms with Crippen molar-refractivity contribution in [2.24, 2.45) is 0 Å². The van der Waals surface area contributed by atoms with Crippen molar-refractivity contribution >= 4 is 38.6 Å². The Kier molecular flexibility index (Phi) is 5.78. The number of aryl methyl sites for hydroxylation is 2. The van der Waals surface area contributed by atoms with Crippen molar-refractivity contribution in [3.8, 4) is 5.75 Å². The van der Waals surface area contributed by atoms with Crippen molar-refractivity contribution in [3.05, 3.63) is 71.1 Å². The van der Waals surface area contributed by atoms with Crippen molar-refractivity contribution in [1.29, 1.82) is 0 Å². The number of fused-ring (bicyclic) bond motifs is 1. The SMILES string of the molecule is Cc1cccc(OCC(=O)Nc2ccc3c(c2)CCCN3S(=O)(=O)c2cccs2)c1. The van der Waals surface area contributed by atoms with Crippen LogP contribution in [0.15, 0.2) is 64.2 Å². The summed E-state index contributed by atoms with van der Waals surface area (Å²) >= 11 is 1.21. The Labute approximate surface area is 180 Å². The largest absolute Gasteiger partial charge is 0.484 e. The Balaban J connectivity index is 1.46. The Bertz CT molecular complexity index is 1160. The zero-order valence-corrected chi connectivity index (χ0v) is 18.1. The molecule has 0 saturated carbocycles. The number of sulfonamides is 1. The lowest BCUT2D eigenvalue weighted by Crippen LogP contribution is -2.35. The van der Waals surface area contributed by atoms with Crippen LogP contribution in [0.2, 0.25) is 0 Å². The maximum atomic E-state index is 13.0. The third-order valence-electron chi connectivity index (χ3n) is 4.84. The molecule has 1 aromatic heterocycles. The zero-order valence-electron chi connectivity index (χ0n) is 16.5. The Morgan fingerprint density at radius 1 is 1.17 bits per heavy atom. The minimum Gasteiger partial charge on any atom is -0.484 e. The average Bonchev–Trinajstić information content (AvgIpc) is 3.28. The second kappa shape index (κ2) is 8.49. The van der Waals surface area contributed by atoms with Crippen LogP contribution in [0.3, 0.4) is 0 Å². The quantitative estimate of drug-likeness (QED) is 0.620. The molecule has 1 aliphatic rings. The third-order valence-corrected chi connectivity index (χ3v) is 8.02. The van der Waals surface area contributed by atoms with E-state index in [2.05, 4.69) is 5.32 Å². The third kappa shape index (κ3) is 4.34. The lowest BCUT2D eigenvalue weighted by atomic mass is 10.0. The first-order chi connectivity index (χ1) is 14.4. The highest BCUT2D eigenvalue weighted by Gasteiger charge is 2.29. The van der Waals surface area contributed by atoms with E-state index in [-0.39, 0.29) is 12.5 Å². The van der Waals surface area contributed by atoms with E-state index < -0.39 is 10.0 Å². The van der Waals surface area contributed by atoms with E-state index in [0.29, 0.717) is 27.9 Å². The summed E-state index contributed by atoms with van der Waals surface area (Å²) < 4.78 is 33.3. The number of benzene rings is 2. The summed E-state index contributed by atoms with van der Waals surface area (Å²) in [5.74, 6) is 0.375. The molecule has 1 N–H and O–H groups in total. The normalized spacial score (nSPS) is 13.6. The molecule has 0 saturated heterocycles. The summed E-state index contributed by atoms with van der Waals surface area (Å²) in [5, 5.41) is 4.59. The minimum atomic E-state index is -3.57. The summed E-state index contributed by atoms with van der Waals surface area (Å²) in [4.78, 5) is 12.3. The fraction of sp³-hybridized carbons (Fsp3) is 0.227. The number of carbonyl (C=O) groups is 1. The first-order valence-corrected chi connectivity index (χ1v) is 11.9. The van der Waals surface area contributed by atoms with Gasteiger partial charge in [-0.25, -0.2) is 8.42 Å². The van der Waals surface area contributed by atoms with Gasteiger partial charge in [-0.2, -0.15) is 0 Å². The summed E-state index contributed by atoms with van der Waals surface area (Å²) in [6.45, 7) is 2.31. The summed E-state index contributed by atoms with van der Waals surface area (Å²) in [5.41, 5.74) is 3.26. The van der Waals surface area contributed by atoms with Gasteiger partial charge in [0, 0.05) is 12.2 Å². The standard InChI is InChI=1S/C22H22N2O4S2/c1-16-5-2-7-19(13-16)28-15-21(25)23-18-9-10-20-17(14-18)6-3-11-24(20)30(26,27)22-8-4-12-29-22/h2,4-5,7-10,12-14H,3,6,11,15H2,1H3,(H,23,25). The number of anilines is 2. The molecule has 0 fully saturated rings. The molecule has 0 radical (unpaired) electrons. The van der Waals surface area contributed by atoms with Crippen molar-refractivity contribution in [2.45, 2.75) is 24.0 Å². The predicted octanol–water partition coefficient (Wildman–Crippen LogP) is 4.22. The molecule has 0 bridgehead atoms. The van der Waals surface area contributed by atoms with Gasteiger partial charge in [-0.05, 0) is 72.7 Å². The highest BCUT2D eigenvalue weighted by molar-refractivity contribution is 7.94. The van der Waals surface area contributed by atoms with E-state index in [1.165, 1.54) is 15.6 Å². The smallest absolute Gasteiger partial charge is 0.273 e. The van der Waals surface area contributed by atoms with Crippen LogP contribution >= 0.6 is 11.3 Å². The van der Waals surface area contributed by atoms with Crippen LogP contribution in [0.25, 0.3) is 0 Å². The predicted molar refractivity (Wildman–Crippen MR) is 119 cm³/mol. The number of ether oxygens (including phenoxy) is 1. The minimum absolute atomic E-state index is 0.0978. The molecule has 0 atom stereocenters. The highest BCUT2D eigenvalue weighted by atomic mass is 32.2. The molecular weight excluding hydrogens is 420 g/mol. The van der Waals surface area contributed by atoms with E-state index in [4.69, 9.17) is 4.74 Å². The lowest BCUT2D eigenvalue weighted by Gasteiger charge is -2.30. The summed E-state index contributed by atoms with van der Waals surface area (Å²) in [7, 11) is -3.57. The van der Waals surface area contributed by atoms with Gasteiger partial charge in [0.05, 0.1) is 5.69 Å². The highest BCUT2D eigenvalue weighted by Crippen LogP contribution is 2.34. The van der Waals surface area contributed by atoms with E-state index in [1.54, 1.807) is 29.6 Å². The number of hydrogen-bond acceptors (Lipinski definition) is 5. The average molecular weight is 443 g/mol. The summed E-state index contributed by atoms with van der Waals surface area (Å²) in [6, 6.07) is 16.2. The van der Waals surface area contributed by atoms with Gasteiger partial charge in [0.15, 0.2) is 6.61 Å². The fourth-order valence-corrected chi connectivity index (χ4v) is 6.11. The molecule has 30 heavy (non-hydrogen) atoms. The Morgan fingerprint density at radius 3 is 2.80 bits per heavy atom. The van der Waals surface area contributed by atoms with Crippen LogP contribution in [0.4, 0.5) is 11.4 Å². The molecule has 8 heteroatoms. The number of hydrogen-bond donors (Lipinski definition) is 1. The molecule has 2 heterocycles. The molecule has 0 aliphatic carbocycles. The second-order valence-corrected chi connectivity index (χ2v) is 10.1. The van der Waals surface area contributed by atoms with Gasteiger partial charge in [-0.1, -0.05) is 18.2 Å². The van der Waals surface area contributed by atoms with Crippen LogP contribution in [-0.4, -0.2) is 27.5 Å². The van der Waals surface area contributed by atoms with Crippen molar-refractivity contribution in [3.63, 3.8) is 0 Å². The monoisotopic (exact) mass is 442 g/mol. The Hall–Kier alpha value is -2.84. The Morgan fingerprint density at radius 2 is 2.03 bits per heavy atom. The summed E-state index contributed by atoms with van der Waals surface area (Å²) in [6.07, 6.45) is 1.49. The molecule has 3 aromatic rings. The molecule has 1 aliphatic heterocycles. The molecular formula is C22H22N2O4S2. The molecule has 6 nitrogen and oxygen atoms in total. The molecule has 0 spiro atoms. The number of amides is 1. The van der Waals surface area contributed by atoms with Crippen LogP contribution in [-0.2, 0) is 21.2 Å². The van der Waals surface area contributed by atoms with Gasteiger partial charge >= 0.3 is 0 Å². The van der Waals surface area contributed by atoms with Gasteiger partial charge in [-0.15, -0.1) is 11.3 Å². The van der Waals surface area contributed by atoms with E-state index in [9.17, 15) is 13.2 Å². The first kappa shape index (κ1) is 20.4. The number of nitrogens with zero attached hydrogens (tertiary/aromatic N) is 1. The fourth-order valence-electron chi connectivity index (χ4n) is 3.46. The van der Waals surface area contributed by atoms with Crippen molar-refractivity contribution in [2.75, 3.05) is 22.8 Å². The van der Waals surface area contributed by atoms with Crippen LogP contribution in [0.5, 0.6) is 5.75 Å². The number of thiophene rings is 1. The maximum absolute atomic E-state index is 13.0. The zero-order chi connectivity index (χ0) is 21.1. The maximum Gasteiger partial charge on any atom is 0.273 e. The van der Waals surface area contributed by atoms with Gasteiger partial charge in [0.2, 0.25) is 0 Å². The van der Waals surface area contributed by atoms with Gasteiger partial charge in [-0.3, -0.25) is 9.10 Å². The second-order valence-electron chi connectivity index (χ2n) is 7.11. The van der Waals surface area contributed by atoms with Gasteiger partial charge in [0.1, 0.15) is 9.96 Å². The van der Waals surface area contributed by atoms with Crippen LogP contribution < -0.4 is 14.4 Å². The molecule has 0 unspecified atom stereocenters. The van der Waals surface area contributed by atoms with Crippen LogP contribution in [0, 0.1) is 6.92 Å². The van der Waals surface area contributed by atoms with E-state index >= 15 is 0 Å². The lowest BCUT2D eigenvalue weighted by molar-refractivity contribution is -0.118. The molecule has 156 valence electrons.